The number of hydrogen-bond acceptors (Lipinski definition) is 3. The molecule has 4 heteroatoms. The van der Waals surface area contributed by atoms with E-state index in [1.54, 1.807) is 10.9 Å². The molecule has 4 nitrogen and oxygen atoms in total. The molecule has 1 aromatic heterocycles. The topological polar surface area (TPSA) is 41.3 Å². The highest BCUT2D eigenvalue weighted by Gasteiger charge is 2.11. The molecule has 1 N–H and O–H groups in total. The fourth-order valence-electron chi connectivity index (χ4n) is 2.33. The Bertz CT molecular complexity index is 522. The predicted molar refractivity (Wildman–Crippen MR) is 77.4 cm³/mol. The molecule has 0 bridgehead atoms. The first-order chi connectivity index (χ1) is 9.06. The first-order valence-corrected chi connectivity index (χ1v) is 6.50. The third kappa shape index (κ3) is 3.58. The van der Waals surface area contributed by atoms with Gasteiger partial charge < -0.3 is 10.0 Å². The fourth-order valence-corrected chi connectivity index (χ4v) is 2.33. The van der Waals surface area contributed by atoms with Gasteiger partial charge in [0.15, 0.2) is 0 Å². The van der Waals surface area contributed by atoms with Gasteiger partial charge in [0, 0.05) is 31.7 Å². The van der Waals surface area contributed by atoms with Crippen LogP contribution in [0.3, 0.4) is 0 Å². The molecule has 0 aliphatic rings. The lowest BCUT2D eigenvalue weighted by Crippen LogP contribution is -2.32. The lowest BCUT2D eigenvalue weighted by Gasteiger charge is -2.24. The molecule has 0 saturated carbocycles. The summed E-state index contributed by atoms with van der Waals surface area (Å²) in [6.45, 7) is 5.29. The van der Waals surface area contributed by atoms with E-state index in [-0.39, 0.29) is 0 Å². The number of rotatable bonds is 5. The average molecular weight is 259 g/mol. The van der Waals surface area contributed by atoms with Crippen LogP contribution in [-0.4, -0.2) is 34.6 Å². The van der Waals surface area contributed by atoms with Crippen LogP contribution in [0.2, 0.25) is 0 Å². The smallest absolute Gasteiger partial charge is 0.0910 e. The summed E-state index contributed by atoms with van der Waals surface area (Å²) in [5.41, 5.74) is 3.64. The number of nitrogens with zero attached hydrogens (tertiary/aromatic N) is 3. The Morgan fingerprint density at radius 1 is 1.37 bits per heavy atom. The largest absolute Gasteiger partial charge is 0.389 e. The first kappa shape index (κ1) is 13.6. The van der Waals surface area contributed by atoms with Crippen LogP contribution in [0, 0.1) is 13.8 Å². The van der Waals surface area contributed by atoms with Gasteiger partial charge in [-0.3, -0.25) is 4.68 Å². The molecule has 0 aliphatic heterocycles. The van der Waals surface area contributed by atoms with Crippen molar-refractivity contribution in [1.82, 2.24) is 9.78 Å². The molecule has 1 aromatic carbocycles. The van der Waals surface area contributed by atoms with Crippen molar-refractivity contribution in [2.24, 2.45) is 0 Å². The molecule has 2 aromatic rings. The van der Waals surface area contributed by atoms with Gasteiger partial charge in [-0.1, -0.05) is 17.7 Å². The van der Waals surface area contributed by atoms with Gasteiger partial charge >= 0.3 is 0 Å². The second kappa shape index (κ2) is 5.89. The minimum absolute atomic E-state index is 0.439. The molecule has 0 spiro atoms. The monoisotopic (exact) mass is 259 g/mol. The van der Waals surface area contributed by atoms with Crippen LogP contribution in [0.5, 0.6) is 0 Å². The molecule has 0 amide bonds. The van der Waals surface area contributed by atoms with Gasteiger partial charge in [-0.2, -0.15) is 5.10 Å². The van der Waals surface area contributed by atoms with E-state index >= 15 is 0 Å². The summed E-state index contributed by atoms with van der Waals surface area (Å²) >= 11 is 0. The van der Waals surface area contributed by atoms with E-state index < -0.39 is 6.10 Å². The highest BCUT2D eigenvalue weighted by atomic mass is 16.3. The molecule has 0 saturated heterocycles. The number of likely N-dealkylation sites (N-methyl/N-ethyl adjacent to an activating group) is 1. The normalized spacial score (nSPS) is 12.4. The van der Waals surface area contributed by atoms with Crippen molar-refractivity contribution >= 4 is 5.69 Å². The highest BCUT2D eigenvalue weighted by Crippen LogP contribution is 2.20. The number of benzene rings is 1. The van der Waals surface area contributed by atoms with E-state index in [4.69, 9.17) is 0 Å². The summed E-state index contributed by atoms with van der Waals surface area (Å²) in [6, 6.07) is 8.22. The maximum absolute atomic E-state index is 10.1. The third-order valence-electron chi connectivity index (χ3n) is 3.21. The van der Waals surface area contributed by atoms with Crippen molar-refractivity contribution in [2.75, 3.05) is 18.5 Å². The van der Waals surface area contributed by atoms with Crippen LogP contribution in [0.25, 0.3) is 0 Å². The third-order valence-corrected chi connectivity index (χ3v) is 3.21. The molecule has 0 radical (unpaired) electrons. The van der Waals surface area contributed by atoms with E-state index in [1.165, 1.54) is 11.1 Å². The summed E-state index contributed by atoms with van der Waals surface area (Å²) in [5, 5.41) is 14.2. The van der Waals surface area contributed by atoms with Crippen LogP contribution in [0.1, 0.15) is 11.1 Å². The standard InChI is InChI=1S/C15H21N3O/c1-12-5-6-15(13(2)9-12)17(3)10-14(19)11-18-8-4-7-16-18/h4-9,14,19H,10-11H2,1-3H3/t14-/m1/s1. The van der Waals surface area contributed by atoms with Gasteiger partial charge in [-0.15, -0.1) is 0 Å². The molecular weight excluding hydrogens is 238 g/mol. The molecule has 102 valence electrons. The van der Waals surface area contributed by atoms with E-state index in [1.807, 2.05) is 19.3 Å². The Kier molecular flexibility index (Phi) is 4.22. The minimum Gasteiger partial charge on any atom is -0.389 e. The number of aryl methyl sites for hydroxylation is 2. The van der Waals surface area contributed by atoms with Crippen LogP contribution >= 0.6 is 0 Å². The summed E-state index contributed by atoms with van der Waals surface area (Å²) in [4.78, 5) is 2.09. The Morgan fingerprint density at radius 3 is 2.79 bits per heavy atom. The zero-order chi connectivity index (χ0) is 13.8. The average Bonchev–Trinajstić information content (AvgIpc) is 2.81. The second-order valence-corrected chi connectivity index (χ2v) is 5.05. The lowest BCUT2D eigenvalue weighted by molar-refractivity contribution is 0.156. The van der Waals surface area contributed by atoms with E-state index in [0.29, 0.717) is 13.1 Å². The predicted octanol–water partition coefficient (Wildman–Crippen LogP) is 2.00. The summed E-state index contributed by atoms with van der Waals surface area (Å²) < 4.78 is 1.75. The molecule has 0 aliphatic carbocycles. The van der Waals surface area contributed by atoms with Gasteiger partial charge in [0.25, 0.3) is 0 Å². The van der Waals surface area contributed by atoms with E-state index in [9.17, 15) is 5.11 Å². The van der Waals surface area contributed by atoms with Gasteiger partial charge in [0.2, 0.25) is 0 Å². The number of hydrogen-bond donors (Lipinski definition) is 1. The van der Waals surface area contributed by atoms with Gasteiger partial charge in [-0.05, 0) is 31.5 Å². The molecule has 0 unspecified atom stereocenters. The van der Waals surface area contributed by atoms with Crippen molar-refractivity contribution in [2.45, 2.75) is 26.5 Å². The van der Waals surface area contributed by atoms with Crippen LogP contribution in [0.15, 0.2) is 36.7 Å². The number of aromatic nitrogens is 2. The van der Waals surface area contributed by atoms with Crippen molar-refractivity contribution in [3.63, 3.8) is 0 Å². The zero-order valence-electron chi connectivity index (χ0n) is 11.7. The van der Waals surface area contributed by atoms with Crippen molar-refractivity contribution in [3.05, 3.63) is 47.8 Å². The van der Waals surface area contributed by atoms with Crippen molar-refractivity contribution in [3.8, 4) is 0 Å². The van der Waals surface area contributed by atoms with Gasteiger partial charge in [-0.25, -0.2) is 0 Å². The lowest BCUT2D eigenvalue weighted by atomic mass is 10.1. The van der Waals surface area contributed by atoms with Gasteiger partial charge in [0.05, 0.1) is 12.6 Å². The molecule has 1 atom stereocenters. The molecule has 2 rings (SSSR count). The fraction of sp³-hybridized carbons (Fsp3) is 0.400. The van der Waals surface area contributed by atoms with Crippen molar-refractivity contribution < 1.29 is 5.11 Å². The Balaban J connectivity index is 1.98. The summed E-state index contributed by atoms with van der Waals surface area (Å²) in [5.74, 6) is 0. The minimum atomic E-state index is -0.439. The number of anilines is 1. The number of aliphatic hydroxyl groups excluding tert-OH is 1. The second-order valence-electron chi connectivity index (χ2n) is 5.05. The van der Waals surface area contributed by atoms with Crippen LogP contribution < -0.4 is 4.90 Å². The van der Waals surface area contributed by atoms with E-state index in [2.05, 4.69) is 42.0 Å². The zero-order valence-corrected chi connectivity index (χ0v) is 11.7. The van der Waals surface area contributed by atoms with E-state index in [0.717, 1.165) is 5.69 Å². The summed E-state index contributed by atoms with van der Waals surface area (Å²) in [7, 11) is 2.00. The molecule has 0 fully saturated rings. The number of aliphatic hydroxyl groups is 1. The Morgan fingerprint density at radius 2 is 2.16 bits per heavy atom. The Labute approximate surface area is 114 Å². The molecule has 1 heterocycles. The maximum atomic E-state index is 10.1. The first-order valence-electron chi connectivity index (χ1n) is 6.50. The molecular formula is C15H21N3O. The van der Waals surface area contributed by atoms with Gasteiger partial charge in [0.1, 0.15) is 0 Å². The highest BCUT2D eigenvalue weighted by molar-refractivity contribution is 5.53. The van der Waals surface area contributed by atoms with Crippen LogP contribution in [0.4, 0.5) is 5.69 Å². The quantitative estimate of drug-likeness (QED) is 0.893. The SMILES string of the molecule is Cc1ccc(N(C)C[C@@H](O)Cn2cccn2)c(C)c1. The maximum Gasteiger partial charge on any atom is 0.0910 e. The Hall–Kier alpha value is -1.81. The van der Waals surface area contributed by atoms with Crippen molar-refractivity contribution in [1.29, 1.82) is 0 Å². The molecule has 19 heavy (non-hydrogen) atoms. The van der Waals surface area contributed by atoms with Crippen LogP contribution in [-0.2, 0) is 6.54 Å². The summed E-state index contributed by atoms with van der Waals surface area (Å²) in [6.07, 6.45) is 3.14.